The molecule has 2 aromatic heterocycles. The van der Waals surface area contributed by atoms with Crippen molar-refractivity contribution in [2.45, 2.75) is 20.4 Å². The van der Waals surface area contributed by atoms with Gasteiger partial charge in [-0.3, -0.25) is 9.59 Å². The van der Waals surface area contributed by atoms with E-state index in [2.05, 4.69) is 21.4 Å². The zero-order valence-corrected chi connectivity index (χ0v) is 19.0. The van der Waals surface area contributed by atoms with Crippen LogP contribution in [0.25, 0.3) is 10.2 Å². The molecule has 11 heteroatoms. The number of aromatic nitrogens is 2. The maximum absolute atomic E-state index is 12.4. The summed E-state index contributed by atoms with van der Waals surface area (Å²) in [4.78, 5) is 40.9. The Morgan fingerprint density at radius 3 is 2.84 bits per heavy atom. The molecular formula is C21H20N4O5S2. The number of terminal acetylenes is 1. The van der Waals surface area contributed by atoms with Crippen molar-refractivity contribution in [1.82, 2.24) is 9.72 Å². The van der Waals surface area contributed by atoms with Gasteiger partial charge in [-0.25, -0.2) is 4.79 Å². The fraction of sp³-hybridized carbons (Fsp3) is 0.286. The van der Waals surface area contributed by atoms with Crippen LogP contribution in [0.3, 0.4) is 0 Å². The average molecular weight is 473 g/mol. The van der Waals surface area contributed by atoms with E-state index in [4.69, 9.17) is 15.7 Å². The number of anilines is 1. The molecule has 1 aromatic carbocycles. The molecule has 0 unspecified atom stereocenters. The second-order valence-electron chi connectivity index (χ2n) is 6.45. The molecule has 9 nitrogen and oxygen atoms in total. The molecule has 2 heterocycles. The first-order chi connectivity index (χ1) is 15.4. The summed E-state index contributed by atoms with van der Waals surface area (Å²) in [5, 5.41) is 6.27. The van der Waals surface area contributed by atoms with E-state index in [1.807, 2.05) is 0 Å². The predicted octanol–water partition coefficient (Wildman–Crippen LogP) is 2.61. The Morgan fingerprint density at radius 1 is 1.34 bits per heavy atom. The summed E-state index contributed by atoms with van der Waals surface area (Å²) in [6.07, 6.45) is 5.48. The molecule has 3 rings (SSSR count). The van der Waals surface area contributed by atoms with E-state index in [9.17, 15) is 14.4 Å². The third-order valence-corrected chi connectivity index (χ3v) is 5.98. The van der Waals surface area contributed by atoms with E-state index < -0.39 is 11.9 Å². The molecule has 0 fully saturated rings. The molecule has 3 aromatic rings. The first-order valence-electron chi connectivity index (χ1n) is 9.53. The quantitative estimate of drug-likeness (QED) is 0.396. The van der Waals surface area contributed by atoms with Crippen molar-refractivity contribution in [2.24, 2.45) is 4.99 Å². The second kappa shape index (κ2) is 10.8. The molecule has 0 aliphatic heterocycles. The first kappa shape index (κ1) is 23.3. The number of hydrogen-bond donors (Lipinski definition) is 1. The Hall–Kier alpha value is -3.36. The number of aryl methyl sites for hydroxylation is 1. The average Bonchev–Trinajstić information content (AvgIpc) is 3.31. The smallest absolute Gasteiger partial charge is 0.338 e. The molecule has 0 saturated heterocycles. The van der Waals surface area contributed by atoms with Crippen molar-refractivity contribution >= 4 is 56.9 Å². The second-order valence-corrected chi connectivity index (χ2v) is 8.44. The van der Waals surface area contributed by atoms with Gasteiger partial charge in [0.25, 0.3) is 5.91 Å². The highest BCUT2D eigenvalue weighted by molar-refractivity contribution is 8.00. The maximum Gasteiger partial charge on any atom is 0.338 e. The van der Waals surface area contributed by atoms with Crippen LogP contribution in [0.1, 0.15) is 23.0 Å². The van der Waals surface area contributed by atoms with Crippen molar-refractivity contribution < 1.29 is 23.6 Å². The molecule has 2 amide bonds. The largest absolute Gasteiger partial charge is 0.462 e. The van der Waals surface area contributed by atoms with Crippen LogP contribution in [-0.4, -0.2) is 45.6 Å². The Balaban J connectivity index is 1.70. The summed E-state index contributed by atoms with van der Waals surface area (Å²) in [5.41, 5.74) is 1.18. The number of nitrogens with zero attached hydrogens (tertiary/aromatic N) is 3. The van der Waals surface area contributed by atoms with E-state index in [1.165, 1.54) is 11.3 Å². The number of ether oxygens (including phenoxy) is 1. The van der Waals surface area contributed by atoms with Gasteiger partial charge in [0.1, 0.15) is 5.76 Å². The monoisotopic (exact) mass is 472 g/mol. The van der Waals surface area contributed by atoms with E-state index in [-0.39, 0.29) is 30.6 Å². The summed E-state index contributed by atoms with van der Waals surface area (Å²) in [7, 11) is 0. The molecular weight excluding hydrogens is 452 g/mol. The van der Waals surface area contributed by atoms with Crippen LogP contribution >= 0.6 is 23.1 Å². The Labute approximate surface area is 191 Å². The van der Waals surface area contributed by atoms with E-state index in [0.717, 1.165) is 22.0 Å². The zero-order valence-electron chi connectivity index (χ0n) is 17.4. The highest BCUT2D eigenvalue weighted by Gasteiger charge is 2.13. The Kier molecular flexibility index (Phi) is 7.86. The molecule has 0 saturated carbocycles. The van der Waals surface area contributed by atoms with Crippen LogP contribution in [0.4, 0.5) is 5.82 Å². The minimum Gasteiger partial charge on any atom is -0.462 e. The summed E-state index contributed by atoms with van der Waals surface area (Å²) >= 11 is 2.38. The number of thioether (sulfide) groups is 1. The van der Waals surface area contributed by atoms with Gasteiger partial charge < -0.3 is 19.1 Å². The van der Waals surface area contributed by atoms with Crippen LogP contribution in [0.5, 0.6) is 0 Å². The van der Waals surface area contributed by atoms with Crippen LogP contribution in [0.15, 0.2) is 33.8 Å². The molecule has 0 bridgehead atoms. The van der Waals surface area contributed by atoms with Gasteiger partial charge in [-0.05, 0) is 32.0 Å². The summed E-state index contributed by atoms with van der Waals surface area (Å²) < 4.78 is 12.4. The number of carbonyl (C=O) groups excluding carboxylic acids is 3. The van der Waals surface area contributed by atoms with Gasteiger partial charge in [0, 0.05) is 6.07 Å². The van der Waals surface area contributed by atoms with Gasteiger partial charge in [0.2, 0.25) is 5.91 Å². The highest BCUT2D eigenvalue weighted by Crippen LogP contribution is 2.20. The zero-order chi connectivity index (χ0) is 23.1. The number of fused-ring (bicyclic) bond motifs is 1. The molecule has 0 aliphatic rings. The molecule has 0 radical (unpaired) electrons. The molecule has 0 aliphatic carbocycles. The van der Waals surface area contributed by atoms with Gasteiger partial charge in [-0.1, -0.05) is 22.4 Å². The van der Waals surface area contributed by atoms with Gasteiger partial charge in [0.05, 0.1) is 40.4 Å². The number of carbonyl (C=O) groups is 3. The van der Waals surface area contributed by atoms with Crippen LogP contribution in [-0.2, 0) is 20.9 Å². The lowest BCUT2D eigenvalue weighted by atomic mass is 10.2. The highest BCUT2D eigenvalue weighted by atomic mass is 32.2. The molecule has 32 heavy (non-hydrogen) atoms. The van der Waals surface area contributed by atoms with Crippen LogP contribution in [0, 0.1) is 19.3 Å². The lowest BCUT2D eigenvalue weighted by Gasteiger charge is -2.03. The third kappa shape index (κ3) is 5.87. The van der Waals surface area contributed by atoms with Gasteiger partial charge in [-0.15, -0.1) is 18.2 Å². The lowest BCUT2D eigenvalue weighted by Crippen LogP contribution is -2.18. The number of amides is 2. The van der Waals surface area contributed by atoms with Crippen molar-refractivity contribution in [2.75, 3.05) is 23.4 Å². The van der Waals surface area contributed by atoms with E-state index in [1.54, 1.807) is 42.7 Å². The molecule has 0 atom stereocenters. The first-order valence-corrected chi connectivity index (χ1v) is 11.5. The standard InChI is InChI=1S/C21H20N4O5S2/c1-4-8-25-15-7-6-14(20(28)29-5-2)10-16(15)32-21(25)23-19(27)12-31-11-18(26)22-17-9-13(3)30-24-17/h1,6-7,9-10H,5,8,11-12H2,2-3H3,(H,22,24,26). The summed E-state index contributed by atoms with van der Waals surface area (Å²) in [5.74, 6) is 2.42. The fourth-order valence-electron chi connectivity index (χ4n) is 2.72. The SMILES string of the molecule is C#CCn1c(=NC(=O)CSCC(=O)Nc2cc(C)on2)sc2cc(C(=O)OCC)ccc21. The summed E-state index contributed by atoms with van der Waals surface area (Å²) in [6.45, 7) is 3.95. The number of esters is 1. The number of thiazole rings is 1. The van der Waals surface area contributed by atoms with Gasteiger partial charge in [0.15, 0.2) is 10.6 Å². The minimum absolute atomic E-state index is 0.0175. The third-order valence-electron chi connectivity index (χ3n) is 4.02. The van der Waals surface area contributed by atoms with Crippen molar-refractivity contribution in [1.29, 1.82) is 0 Å². The van der Waals surface area contributed by atoms with E-state index >= 15 is 0 Å². The predicted molar refractivity (Wildman–Crippen MR) is 122 cm³/mol. The van der Waals surface area contributed by atoms with Gasteiger partial charge >= 0.3 is 5.97 Å². The van der Waals surface area contributed by atoms with E-state index in [0.29, 0.717) is 21.9 Å². The number of nitrogens with one attached hydrogen (secondary N) is 1. The maximum atomic E-state index is 12.4. The van der Waals surface area contributed by atoms with Crippen LogP contribution in [0.2, 0.25) is 0 Å². The van der Waals surface area contributed by atoms with Crippen molar-refractivity contribution in [3.05, 3.63) is 40.4 Å². The normalized spacial score (nSPS) is 11.3. The molecule has 0 spiro atoms. The number of rotatable bonds is 8. The number of benzene rings is 1. The number of hydrogen-bond acceptors (Lipinski definition) is 8. The fourth-order valence-corrected chi connectivity index (χ4v) is 4.40. The minimum atomic E-state index is -0.420. The van der Waals surface area contributed by atoms with Crippen LogP contribution < -0.4 is 10.1 Å². The van der Waals surface area contributed by atoms with Crippen molar-refractivity contribution in [3.63, 3.8) is 0 Å². The topological polar surface area (TPSA) is 116 Å². The summed E-state index contributed by atoms with van der Waals surface area (Å²) in [6, 6.07) is 6.70. The Bertz CT molecular complexity index is 1270. The van der Waals surface area contributed by atoms with Gasteiger partial charge in [-0.2, -0.15) is 4.99 Å². The Morgan fingerprint density at radius 2 is 2.16 bits per heavy atom. The molecule has 166 valence electrons. The lowest BCUT2D eigenvalue weighted by molar-refractivity contribution is -0.115. The molecule has 1 N–H and O–H groups in total. The van der Waals surface area contributed by atoms with Crippen molar-refractivity contribution in [3.8, 4) is 12.3 Å².